The van der Waals surface area contributed by atoms with Crippen LogP contribution in [0, 0.1) is 0 Å². The van der Waals surface area contributed by atoms with Gasteiger partial charge in [0.25, 0.3) is 0 Å². The van der Waals surface area contributed by atoms with E-state index in [2.05, 4.69) is 34.2 Å². The zero-order valence-electron chi connectivity index (χ0n) is 4.64. The van der Waals surface area contributed by atoms with Gasteiger partial charge < -0.3 is 0 Å². The van der Waals surface area contributed by atoms with Crippen LogP contribution in [-0.2, 0) is 0 Å². The van der Waals surface area contributed by atoms with Gasteiger partial charge in [0.1, 0.15) is 0 Å². The zero-order chi connectivity index (χ0) is 5.54. The van der Waals surface area contributed by atoms with Gasteiger partial charge in [-0.25, -0.2) is 0 Å². The van der Waals surface area contributed by atoms with Crippen molar-refractivity contribution in [2.45, 2.75) is 13.8 Å². The molecule has 0 heterocycles. The van der Waals surface area contributed by atoms with Crippen LogP contribution in [0.4, 0.5) is 0 Å². The van der Waals surface area contributed by atoms with Crippen molar-refractivity contribution in [3.63, 3.8) is 0 Å². The van der Waals surface area contributed by atoms with Gasteiger partial charge in [-0.1, -0.05) is 0 Å². The summed E-state index contributed by atoms with van der Waals surface area (Å²) in [6.07, 6.45) is 0. The zero-order valence-corrected chi connectivity index (χ0v) is 7.99. The first-order valence-corrected chi connectivity index (χ1v) is 8.34. The molecule has 0 bridgehead atoms. The summed E-state index contributed by atoms with van der Waals surface area (Å²) in [4.78, 5) is 0. The molecule has 0 unspecified atom stereocenters. The Labute approximate surface area is 58.5 Å². The summed E-state index contributed by atoms with van der Waals surface area (Å²) in [6.45, 7) is 4.42. The van der Waals surface area contributed by atoms with E-state index >= 15 is 0 Å². The fourth-order valence-corrected chi connectivity index (χ4v) is 6.09. The Balaban J connectivity index is 2.45. The van der Waals surface area contributed by atoms with Gasteiger partial charge in [-0.2, -0.15) is 0 Å². The van der Waals surface area contributed by atoms with Crippen LogP contribution in [-0.4, -0.2) is 24.2 Å². The molecule has 0 amide bonds. The Morgan fingerprint density at radius 1 is 1.14 bits per heavy atom. The summed E-state index contributed by atoms with van der Waals surface area (Å²) in [7, 11) is 4.12. The van der Waals surface area contributed by atoms with Crippen molar-refractivity contribution in [3.8, 4) is 0 Å². The van der Waals surface area contributed by atoms with E-state index in [0.29, 0.717) is 0 Å². The third kappa shape index (κ3) is 7.22. The monoisotopic (exact) mass is 202 g/mol. The van der Waals surface area contributed by atoms with Crippen LogP contribution >= 0.6 is 20.4 Å². The molecule has 44 valence electrons. The van der Waals surface area contributed by atoms with Crippen LogP contribution in [0.15, 0.2) is 0 Å². The first-order valence-electron chi connectivity index (χ1n) is 2.32. The van der Waals surface area contributed by atoms with E-state index < -0.39 is 0 Å². The van der Waals surface area contributed by atoms with Gasteiger partial charge in [0.15, 0.2) is 0 Å². The first kappa shape index (κ1) is 8.22. The predicted octanol–water partition coefficient (Wildman–Crippen LogP) is 2.03. The molecule has 0 aromatic heterocycles. The molecule has 0 saturated heterocycles. The Morgan fingerprint density at radius 2 is 1.57 bits per heavy atom. The molecular weight excluding hydrogens is 191 g/mol. The van der Waals surface area contributed by atoms with Crippen LogP contribution in [0.5, 0.6) is 0 Å². The Hall–Kier alpha value is 1.22. The molecule has 0 aliphatic carbocycles. The van der Waals surface area contributed by atoms with E-state index in [1.807, 2.05) is 0 Å². The molecule has 0 N–H and O–H groups in total. The summed E-state index contributed by atoms with van der Waals surface area (Å²) in [6, 6.07) is 0. The van der Waals surface area contributed by atoms with Crippen molar-refractivity contribution < 1.29 is 0 Å². The fourth-order valence-electron chi connectivity index (χ4n) is 0.130. The van der Waals surface area contributed by atoms with Gasteiger partial charge >= 0.3 is 58.4 Å². The average Bonchev–Trinajstić information content (AvgIpc) is 1.69. The second-order valence-electron chi connectivity index (χ2n) is 0.881. The summed E-state index contributed by atoms with van der Waals surface area (Å²) in [5.41, 5.74) is 0. The van der Waals surface area contributed by atoms with Crippen molar-refractivity contribution in [2.75, 3.05) is 11.5 Å². The second kappa shape index (κ2) is 7.22. The van der Waals surface area contributed by atoms with Crippen LogP contribution in [0.1, 0.15) is 13.8 Å². The molecule has 0 radical (unpaired) electrons. The molecule has 0 atom stereocenters. The minimum atomic E-state index is 0.809. The third-order valence-corrected chi connectivity index (χ3v) is 8.17. The van der Waals surface area contributed by atoms with E-state index in [1.165, 1.54) is 11.5 Å². The van der Waals surface area contributed by atoms with E-state index in [-0.39, 0.29) is 0 Å². The van der Waals surface area contributed by atoms with E-state index in [1.54, 1.807) is 0 Å². The molecular formula is C4H10S2Se. The minimum absolute atomic E-state index is 0.809. The van der Waals surface area contributed by atoms with Crippen LogP contribution in [0.2, 0.25) is 0 Å². The quantitative estimate of drug-likeness (QED) is 0.504. The van der Waals surface area contributed by atoms with E-state index in [4.69, 9.17) is 0 Å². The molecule has 0 aliphatic rings. The molecule has 0 rings (SSSR count). The molecule has 0 fully saturated rings. The van der Waals surface area contributed by atoms with Gasteiger partial charge in [0.2, 0.25) is 0 Å². The third-order valence-electron chi connectivity index (χ3n) is 0.332. The standard InChI is InChI=1S/C4H10S2Se/c1-3-5-7-6-4-2/h3-4H2,1-2H3. The number of hydrogen-bond donors (Lipinski definition) is 0. The van der Waals surface area contributed by atoms with Crippen LogP contribution in [0.3, 0.4) is 0 Å². The maximum atomic E-state index is 2.21. The molecule has 0 aliphatic heterocycles. The number of rotatable bonds is 4. The van der Waals surface area contributed by atoms with Gasteiger partial charge in [0, 0.05) is 0 Å². The normalized spacial score (nSPS) is 9.43. The summed E-state index contributed by atoms with van der Waals surface area (Å²) < 4.78 is 0. The molecule has 0 spiro atoms. The van der Waals surface area contributed by atoms with Gasteiger partial charge in [-0.05, 0) is 0 Å². The van der Waals surface area contributed by atoms with E-state index in [0.717, 1.165) is 12.7 Å². The van der Waals surface area contributed by atoms with Gasteiger partial charge in [0.05, 0.1) is 0 Å². The molecule has 3 heteroatoms. The molecule has 0 aromatic rings. The molecule has 7 heavy (non-hydrogen) atoms. The van der Waals surface area contributed by atoms with Crippen LogP contribution in [0.25, 0.3) is 0 Å². The summed E-state index contributed by atoms with van der Waals surface area (Å²) >= 11 is 0.809. The Kier molecular flexibility index (Phi) is 8.48. The first-order chi connectivity index (χ1) is 3.41. The van der Waals surface area contributed by atoms with Crippen molar-refractivity contribution in [2.24, 2.45) is 0 Å². The fraction of sp³-hybridized carbons (Fsp3) is 1.00. The topological polar surface area (TPSA) is 0 Å². The van der Waals surface area contributed by atoms with Crippen molar-refractivity contribution in [1.29, 1.82) is 0 Å². The summed E-state index contributed by atoms with van der Waals surface area (Å²) in [5, 5.41) is 0. The van der Waals surface area contributed by atoms with Crippen molar-refractivity contribution in [1.82, 2.24) is 0 Å². The molecule has 0 nitrogen and oxygen atoms in total. The SMILES string of the molecule is CCS[Se]SCC. The maximum absolute atomic E-state index is 2.21. The van der Waals surface area contributed by atoms with Gasteiger partial charge in [-0.15, -0.1) is 0 Å². The van der Waals surface area contributed by atoms with E-state index in [9.17, 15) is 0 Å². The van der Waals surface area contributed by atoms with Crippen molar-refractivity contribution in [3.05, 3.63) is 0 Å². The number of hydrogen-bond acceptors (Lipinski definition) is 2. The Morgan fingerprint density at radius 3 is 1.86 bits per heavy atom. The van der Waals surface area contributed by atoms with Crippen molar-refractivity contribution >= 4 is 33.1 Å². The predicted molar refractivity (Wildman–Crippen MR) is 42.0 cm³/mol. The van der Waals surface area contributed by atoms with Gasteiger partial charge in [-0.3, -0.25) is 0 Å². The molecule has 0 saturated carbocycles. The van der Waals surface area contributed by atoms with Crippen LogP contribution < -0.4 is 0 Å². The average molecular weight is 201 g/mol. The Bertz CT molecular complexity index is 28.9. The molecule has 0 aromatic carbocycles. The second-order valence-corrected chi connectivity index (χ2v) is 8.59. The summed E-state index contributed by atoms with van der Waals surface area (Å²) in [5.74, 6) is 2.57.